The number of rotatable bonds is 6. The van der Waals surface area contributed by atoms with Gasteiger partial charge in [-0.1, -0.05) is 32.9 Å². The van der Waals surface area contributed by atoms with Gasteiger partial charge in [0.1, 0.15) is 5.75 Å². The van der Waals surface area contributed by atoms with E-state index in [1.165, 1.54) is 6.92 Å². The molecule has 162 valence electrons. The molecule has 8 heteroatoms. The molecule has 2 aromatic rings. The number of carbonyl (C=O) groups excluding carboxylic acids is 3. The minimum atomic E-state index is -0.885. The molecule has 0 bridgehead atoms. The Balaban J connectivity index is 1.75. The first kappa shape index (κ1) is 23.4. The fourth-order valence-electron chi connectivity index (χ4n) is 2.53. The van der Waals surface area contributed by atoms with Crippen molar-refractivity contribution in [1.29, 1.82) is 5.26 Å². The van der Waals surface area contributed by atoms with Crippen molar-refractivity contribution in [3.05, 3.63) is 65.2 Å². The van der Waals surface area contributed by atoms with Crippen molar-refractivity contribution in [1.82, 2.24) is 16.2 Å². The fraction of sp³-hybridized carbons (Fsp3) is 0.304. The molecule has 31 heavy (non-hydrogen) atoms. The number of hydrogen-bond acceptors (Lipinski definition) is 5. The van der Waals surface area contributed by atoms with Gasteiger partial charge >= 0.3 is 0 Å². The van der Waals surface area contributed by atoms with Gasteiger partial charge < -0.3 is 10.1 Å². The molecule has 0 heterocycles. The van der Waals surface area contributed by atoms with E-state index < -0.39 is 17.9 Å². The van der Waals surface area contributed by atoms with Crippen LogP contribution >= 0.6 is 0 Å². The van der Waals surface area contributed by atoms with Crippen LogP contribution in [0.15, 0.2) is 48.5 Å². The van der Waals surface area contributed by atoms with Crippen LogP contribution in [-0.4, -0.2) is 30.4 Å². The molecule has 3 N–H and O–H groups in total. The van der Waals surface area contributed by atoms with Gasteiger partial charge in [-0.2, -0.15) is 5.26 Å². The van der Waals surface area contributed by atoms with Gasteiger partial charge in [-0.15, -0.1) is 0 Å². The number of nitriles is 1. The fourth-order valence-corrected chi connectivity index (χ4v) is 2.53. The summed E-state index contributed by atoms with van der Waals surface area (Å²) in [5.41, 5.74) is 6.47. The van der Waals surface area contributed by atoms with E-state index in [1.54, 1.807) is 36.4 Å². The first-order chi connectivity index (χ1) is 14.6. The first-order valence-electron chi connectivity index (χ1n) is 9.74. The van der Waals surface area contributed by atoms with Gasteiger partial charge in [-0.3, -0.25) is 25.2 Å². The summed E-state index contributed by atoms with van der Waals surface area (Å²) in [4.78, 5) is 36.2. The summed E-state index contributed by atoms with van der Waals surface area (Å²) in [6, 6.07) is 15.4. The summed E-state index contributed by atoms with van der Waals surface area (Å²) in [6.45, 7) is 7.46. The van der Waals surface area contributed by atoms with Crippen molar-refractivity contribution >= 4 is 17.7 Å². The molecule has 2 aromatic carbocycles. The molecule has 0 aliphatic heterocycles. The molecule has 2 rings (SSSR count). The third-order valence-corrected chi connectivity index (χ3v) is 4.41. The summed E-state index contributed by atoms with van der Waals surface area (Å²) in [7, 11) is 0. The Bertz CT molecular complexity index is 971. The zero-order chi connectivity index (χ0) is 23.0. The molecule has 1 atom stereocenters. The number of carbonyl (C=O) groups is 3. The average Bonchev–Trinajstić information content (AvgIpc) is 2.75. The summed E-state index contributed by atoms with van der Waals surface area (Å²) in [6.07, 6.45) is -0.885. The van der Waals surface area contributed by atoms with Crippen LogP contribution in [0.25, 0.3) is 0 Å². The van der Waals surface area contributed by atoms with Gasteiger partial charge in [0.25, 0.3) is 17.7 Å². The van der Waals surface area contributed by atoms with Crippen LogP contribution in [-0.2, 0) is 15.0 Å². The lowest BCUT2D eigenvalue weighted by atomic mass is 9.87. The van der Waals surface area contributed by atoms with Crippen LogP contribution < -0.4 is 20.9 Å². The van der Waals surface area contributed by atoms with Crippen molar-refractivity contribution in [3.63, 3.8) is 0 Å². The van der Waals surface area contributed by atoms with E-state index in [9.17, 15) is 14.4 Å². The lowest BCUT2D eigenvalue weighted by Crippen LogP contribution is -2.50. The number of nitrogens with zero attached hydrogens (tertiary/aromatic N) is 1. The summed E-state index contributed by atoms with van der Waals surface area (Å²) in [5.74, 6) is -1.13. The molecule has 8 nitrogen and oxygen atoms in total. The molecule has 1 unspecified atom stereocenters. The van der Waals surface area contributed by atoms with Gasteiger partial charge in [0, 0.05) is 5.56 Å². The first-order valence-corrected chi connectivity index (χ1v) is 9.74. The van der Waals surface area contributed by atoms with E-state index in [2.05, 4.69) is 36.9 Å². The molecule has 0 spiro atoms. The predicted octanol–water partition coefficient (Wildman–Crippen LogP) is 2.20. The minimum Gasteiger partial charge on any atom is -0.481 e. The lowest BCUT2D eigenvalue weighted by Gasteiger charge is -2.19. The lowest BCUT2D eigenvalue weighted by molar-refractivity contribution is -0.132. The number of hydrazine groups is 1. The number of nitrogens with one attached hydrogen (secondary N) is 3. The minimum absolute atomic E-state index is 0.0198. The highest BCUT2D eigenvalue weighted by Gasteiger charge is 2.17. The molecule has 0 fully saturated rings. The SMILES string of the molecule is CC(Oc1ccc(C#N)cc1)C(=O)NNC(=O)CNC(=O)c1ccc(C(C)(C)C)cc1. The maximum atomic E-state index is 12.2. The Morgan fingerprint density at radius 2 is 1.61 bits per heavy atom. The van der Waals surface area contributed by atoms with E-state index in [0.717, 1.165) is 5.56 Å². The molecule has 0 saturated carbocycles. The van der Waals surface area contributed by atoms with E-state index in [0.29, 0.717) is 16.9 Å². The van der Waals surface area contributed by atoms with Gasteiger partial charge in [0.15, 0.2) is 6.10 Å². The number of ether oxygens (including phenoxy) is 1. The second kappa shape index (κ2) is 10.3. The Kier molecular flexibility index (Phi) is 7.75. The van der Waals surface area contributed by atoms with Crippen LogP contribution in [0.2, 0.25) is 0 Å². The van der Waals surface area contributed by atoms with E-state index in [-0.39, 0.29) is 17.9 Å². The second-order valence-corrected chi connectivity index (χ2v) is 7.94. The largest absolute Gasteiger partial charge is 0.481 e. The van der Waals surface area contributed by atoms with Crippen LogP contribution in [0.1, 0.15) is 49.2 Å². The molecule has 0 aliphatic rings. The van der Waals surface area contributed by atoms with Crippen molar-refractivity contribution in [2.75, 3.05) is 6.54 Å². The van der Waals surface area contributed by atoms with Crippen molar-refractivity contribution in [2.24, 2.45) is 0 Å². The highest BCUT2D eigenvalue weighted by Crippen LogP contribution is 2.22. The third-order valence-electron chi connectivity index (χ3n) is 4.41. The predicted molar refractivity (Wildman–Crippen MR) is 115 cm³/mol. The van der Waals surface area contributed by atoms with Gasteiger partial charge in [0.2, 0.25) is 0 Å². The van der Waals surface area contributed by atoms with Crippen molar-refractivity contribution in [3.8, 4) is 11.8 Å². The van der Waals surface area contributed by atoms with Gasteiger partial charge in [0.05, 0.1) is 18.2 Å². The van der Waals surface area contributed by atoms with Crippen LogP contribution in [0.5, 0.6) is 5.75 Å². The Labute approximate surface area is 181 Å². The van der Waals surface area contributed by atoms with E-state index in [4.69, 9.17) is 10.00 Å². The molecule has 0 radical (unpaired) electrons. The van der Waals surface area contributed by atoms with Gasteiger partial charge in [-0.25, -0.2) is 0 Å². The Morgan fingerprint density at radius 3 is 2.16 bits per heavy atom. The van der Waals surface area contributed by atoms with Crippen molar-refractivity contribution in [2.45, 2.75) is 39.2 Å². The normalized spacial score (nSPS) is 11.6. The maximum absolute atomic E-state index is 12.2. The highest BCUT2D eigenvalue weighted by atomic mass is 16.5. The quantitative estimate of drug-likeness (QED) is 0.617. The monoisotopic (exact) mass is 422 g/mol. The summed E-state index contributed by atoms with van der Waals surface area (Å²) < 4.78 is 5.45. The summed E-state index contributed by atoms with van der Waals surface area (Å²) >= 11 is 0. The Morgan fingerprint density at radius 1 is 1.00 bits per heavy atom. The summed E-state index contributed by atoms with van der Waals surface area (Å²) in [5, 5.41) is 11.3. The number of benzene rings is 2. The molecule has 0 aliphatic carbocycles. The van der Waals surface area contributed by atoms with Crippen LogP contribution in [0, 0.1) is 11.3 Å². The molecule has 0 saturated heterocycles. The number of hydrogen-bond donors (Lipinski definition) is 3. The molecular weight excluding hydrogens is 396 g/mol. The van der Waals surface area contributed by atoms with E-state index in [1.807, 2.05) is 18.2 Å². The van der Waals surface area contributed by atoms with Crippen LogP contribution in [0.3, 0.4) is 0 Å². The van der Waals surface area contributed by atoms with Crippen molar-refractivity contribution < 1.29 is 19.1 Å². The molecule has 3 amide bonds. The average molecular weight is 422 g/mol. The molecule has 0 aromatic heterocycles. The second-order valence-electron chi connectivity index (χ2n) is 7.94. The van der Waals surface area contributed by atoms with Crippen LogP contribution in [0.4, 0.5) is 0 Å². The number of amides is 3. The van der Waals surface area contributed by atoms with Gasteiger partial charge in [-0.05, 0) is 54.3 Å². The van der Waals surface area contributed by atoms with E-state index >= 15 is 0 Å². The topological polar surface area (TPSA) is 120 Å². The molecular formula is C23H26N4O4. The zero-order valence-electron chi connectivity index (χ0n) is 18.0. The smallest absolute Gasteiger partial charge is 0.279 e. The third kappa shape index (κ3) is 7.16. The Hall–Kier alpha value is -3.86. The zero-order valence-corrected chi connectivity index (χ0v) is 18.0. The highest BCUT2D eigenvalue weighted by molar-refractivity contribution is 5.96. The standard InChI is InChI=1S/C23H26N4O4/c1-15(31-19-11-5-16(13-24)6-12-19)21(29)27-26-20(28)14-25-22(30)17-7-9-18(10-8-17)23(2,3)4/h5-12,15H,14H2,1-4H3,(H,25,30)(H,26,28)(H,27,29). The maximum Gasteiger partial charge on any atom is 0.279 e.